The van der Waals surface area contributed by atoms with Gasteiger partial charge in [0.15, 0.2) is 0 Å². The van der Waals surface area contributed by atoms with Crippen molar-refractivity contribution in [1.82, 2.24) is 5.32 Å². The largest absolute Gasteiger partial charge is 0.416 e. The molecule has 0 heterocycles. The summed E-state index contributed by atoms with van der Waals surface area (Å²) in [6, 6.07) is 2.50. The molecule has 118 valence electrons. The summed E-state index contributed by atoms with van der Waals surface area (Å²) >= 11 is 2.93. The molecule has 9 heteroatoms. The Morgan fingerprint density at radius 1 is 1.14 bits per heavy atom. The lowest BCUT2D eigenvalue weighted by atomic mass is 10.1. The average molecular weight is 378 g/mol. The van der Waals surface area contributed by atoms with Crippen molar-refractivity contribution in [2.45, 2.75) is 25.2 Å². The maximum Gasteiger partial charge on any atom is 0.416 e. The lowest BCUT2D eigenvalue weighted by molar-refractivity contribution is -0.137. The highest BCUT2D eigenvalue weighted by Gasteiger charge is 2.31. The minimum atomic E-state index is -4.61. The van der Waals surface area contributed by atoms with Crippen LogP contribution in [0.5, 0.6) is 0 Å². The van der Waals surface area contributed by atoms with Crippen LogP contribution in [-0.2, 0) is 6.18 Å². The first-order valence-electron chi connectivity index (χ1n) is 5.72. The van der Waals surface area contributed by atoms with E-state index in [1.165, 1.54) is 0 Å². The van der Waals surface area contributed by atoms with Gasteiger partial charge in [-0.05, 0) is 40.5 Å². The molecule has 2 nitrogen and oxygen atoms in total. The van der Waals surface area contributed by atoms with Crippen LogP contribution in [0, 0.1) is 0 Å². The molecule has 21 heavy (non-hydrogen) atoms. The number of nitrogens with one attached hydrogen (secondary N) is 1. The monoisotopic (exact) mass is 377 g/mol. The van der Waals surface area contributed by atoms with Crippen molar-refractivity contribution in [3.63, 3.8) is 0 Å². The van der Waals surface area contributed by atoms with E-state index in [1.807, 2.05) is 0 Å². The molecule has 1 N–H and O–H groups in total. The van der Waals surface area contributed by atoms with Gasteiger partial charge in [-0.2, -0.15) is 26.3 Å². The van der Waals surface area contributed by atoms with Crippen LogP contribution in [0.3, 0.4) is 0 Å². The molecule has 0 aliphatic carbocycles. The summed E-state index contributed by atoms with van der Waals surface area (Å²) in [5.41, 5.74) is -1.29. The zero-order valence-electron chi connectivity index (χ0n) is 10.4. The quantitative estimate of drug-likeness (QED) is 0.605. The van der Waals surface area contributed by atoms with Gasteiger partial charge in [0.2, 0.25) is 0 Å². The summed E-state index contributed by atoms with van der Waals surface area (Å²) in [7, 11) is 0. The Bertz CT molecular complexity index is 511. The molecular formula is C12H10BrF6NO. The Kier molecular flexibility index (Phi) is 5.66. The first-order valence-corrected chi connectivity index (χ1v) is 6.52. The zero-order chi connectivity index (χ0) is 16.3. The molecule has 0 saturated carbocycles. The highest BCUT2D eigenvalue weighted by molar-refractivity contribution is 9.10. The van der Waals surface area contributed by atoms with Crippen LogP contribution in [0.15, 0.2) is 22.7 Å². The molecule has 0 atom stereocenters. The predicted molar refractivity (Wildman–Crippen MR) is 66.8 cm³/mol. The molecule has 1 amide bonds. The van der Waals surface area contributed by atoms with Crippen LogP contribution < -0.4 is 5.32 Å². The Hall–Kier alpha value is -1.25. The van der Waals surface area contributed by atoms with Crippen LogP contribution >= 0.6 is 15.9 Å². The third-order valence-corrected chi connectivity index (χ3v) is 3.15. The summed E-state index contributed by atoms with van der Waals surface area (Å²) < 4.78 is 73.4. The minimum Gasteiger partial charge on any atom is -0.352 e. The molecule has 1 aromatic rings. The van der Waals surface area contributed by atoms with Crippen molar-refractivity contribution in [3.05, 3.63) is 33.8 Å². The van der Waals surface area contributed by atoms with Gasteiger partial charge in [0.1, 0.15) is 0 Å². The van der Waals surface area contributed by atoms with Crippen LogP contribution in [0.25, 0.3) is 0 Å². The number of alkyl halides is 6. The fourth-order valence-electron chi connectivity index (χ4n) is 1.46. The van der Waals surface area contributed by atoms with Gasteiger partial charge >= 0.3 is 12.4 Å². The molecule has 0 unspecified atom stereocenters. The lowest BCUT2D eigenvalue weighted by Crippen LogP contribution is -2.26. The Balaban J connectivity index is 2.70. The van der Waals surface area contributed by atoms with Gasteiger partial charge in [-0.15, -0.1) is 0 Å². The standard InChI is InChI=1S/C12H10BrF6NO/c13-9-3-2-7(12(17,18)19)6-8(9)10(21)20-5-1-4-11(14,15)16/h2-3,6H,1,4-5H2,(H,20,21). The van der Waals surface area contributed by atoms with Gasteiger partial charge in [0.25, 0.3) is 5.91 Å². The number of hydrogen-bond acceptors (Lipinski definition) is 1. The Labute approximate surface area is 124 Å². The molecule has 1 rings (SSSR count). The fourth-order valence-corrected chi connectivity index (χ4v) is 1.89. The van der Waals surface area contributed by atoms with Crippen molar-refractivity contribution >= 4 is 21.8 Å². The Morgan fingerprint density at radius 3 is 2.29 bits per heavy atom. The molecule has 0 bridgehead atoms. The summed E-state index contributed by atoms with van der Waals surface area (Å²) in [5, 5.41) is 2.15. The van der Waals surface area contributed by atoms with Crippen LogP contribution in [-0.4, -0.2) is 18.6 Å². The van der Waals surface area contributed by atoms with E-state index in [4.69, 9.17) is 0 Å². The molecule has 0 spiro atoms. The van der Waals surface area contributed by atoms with E-state index in [9.17, 15) is 31.1 Å². The molecule has 0 radical (unpaired) electrons. The predicted octanol–water partition coefficient (Wildman–Crippen LogP) is 4.54. The minimum absolute atomic E-state index is 0.129. The molecule has 0 saturated heterocycles. The van der Waals surface area contributed by atoms with Gasteiger partial charge in [0, 0.05) is 17.4 Å². The van der Waals surface area contributed by atoms with E-state index in [0.717, 1.165) is 12.1 Å². The second-order valence-corrected chi connectivity index (χ2v) is 5.02. The summed E-state index contributed by atoms with van der Waals surface area (Å²) in [6.07, 6.45) is -10.4. The molecule has 1 aromatic carbocycles. The lowest BCUT2D eigenvalue weighted by Gasteiger charge is -2.11. The number of benzene rings is 1. The summed E-state index contributed by atoms with van der Waals surface area (Å²) in [6.45, 7) is -0.277. The first-order chi connectivity index (χ1) is 9.50. The fraction of sp³-hybridized carbons (Fsp3) is 0.417. The number of carbonyl (C=O) groups is 1. The van der Waals surface area contributed by atoms with Crippen molar-refractivity contribution in [2.75, 3.05) is 6.54 Å². The summed E-state index contributed by atoms with van der Waals surface area (Å²) in [5.74, 6) is -0.866. The van der Waals surface area contributed by atoms with E-state index in [2.05, 4.69) is 21.2 Å². The molecular weight excluding hydrogens is 368 g/mol. The Morgan fingerprint density at radius 2 is 1.76 bits per heavy atom. The molecule has 0 aliphatic heterocycles. The number of hydrogen-bond donors (Lipinski definition) is 1. The number of carbonyl (C=O) groups excluding carboxylic acids is 1. The van der Waals surface area contributed by atoms with E-state index in [-0.39, 0.29) is 23.0 Å². The van der Waals surface area contributed by atoms with Crippen molar-refractivity contribution < 1.29 is 31.1 Å². The van der Waals surface area contributed by atoms with Gasteiger partial charge in [-0.25, -0.2) is 0 Å². The van der Waals surface area contributed by atoms with Crippen molar-refractivity contribution in [1.29, 1.82) is 0 Å². The maximum atomic E-state index is 12.5. The number of rotatable bonds is 4. The van der Waals surface area contributed by atoms with Crippen molar-refractivity contribution in [3.8, 4) is 0 Å². The number of amides is 1. The highest BCUT2D eigenvalue weighted by atomic mass is 79.9. The SMILES string of the molecule is O=C(NCCCC(F)(F)F)c1cc(C(F)(F)F)ccc1Br. The molecule has 0 fully saturated rings. The van der Waals surface area contributed by atoms with Crippen LogP contribution in [0.2, 0.25) is 0 Å². The van der Waals surface area contributed by atoms with Gasteiger partial charge in [0.05, 0.1) is 11.1 Å². The van der Waals surface area contributed by atoms with E-state index >= 15 is 0 Å². The van der Waals surface area contributed by atoms with Gasteiger partial charge in [-0.3, -0.25) is 4.79 Å². The second-order valence-electron chi connectivity index (χ2n) is 4.17. The van der Waals surface area contributed by atoms with Crippen LogP contribution in [0.4, 0.5) is 26.3 Å². The zero-order valence-corrected chi connectivity index (χ0v) is 12.0. The van der Waals surface area contributed by atoms with Crippen molar-refractivity contribution in [2.24, 2.45) is 0 Å². The highest BCUT2D eigenvalue weighted by Crippen LogP contribution is 2.31. The topological polar surface area (TPSA) is 29.1 Å². The van der Waals surface area contributed by atoms with Gasteiger partial charge in [-0.1, -0.05) is 0 Å². The first kappa shape index (κ1) is 17.8. The smallest absolute Gasteiger partial charge is 0.352 e. The molecule has 0 aliphatic rings. The second kappa shape index (κ2) is 6.67. The number of halogens is 7. The van der Waals surface area contributed by atoms with E-state index in [1.54, 1.807) is 0 Å². The van der Waals surface area contributed by atoms with Crippen LogP contribution in [0.1, 0.15) is 28.8 Å². The average Bonchev–Trinajstić information content (AvgIpc) is 2.32. The van der Waals surface area contributed by atoms with E-state index < -0.39 is 30.2 Å². The normalized spacial score (nSPS) is 12.3. The van der Waals surface area contributed by atoms with Gasteiger partial charge < -0.3 is 5.32 Å². The summed E-state index contributed by atoms with van der Waals surface area (Å²) in [4.78, 5) is 11.7. The third-order valence-electron chi connectivity index (χ3n) is 2.46. The molecule has 0 aromatic heterocycles. The van der Waals surface area contributed by atoms with E-state index in [0.29, 0.717) is 6.07 Å². The third kappa shape index (κ3) is 5.94. The maximum absolute atomic E-state index is 12.5.